The SMILES string of the molecule is CC(=O)O.CCCCOc1cc(COc2ccc3c(c2)CCC3)ccc1-c1cc(OC)ccc1F. The topological polar surface area (TPSA) is 65.0 Å². The Hall–Kier alpha value is -3.54. The molecule has 35 heavy (non-hydrogen) atoms. The highest BCUT2D eigenvalue weighted by Crippen LogP contribution is 2.35. The summed E-state index contributed by atoms with van der Waals surface area (Å²) in [6.45, 7) is 4.22. The molecule has 1 aliphatic carbocycles. The lowest BCUT2D eigenvalue weighted by Crippen LogP contribution is -2.02. The highest BCUT2D eigenvalue weighted by Gasteiger charge is 2.15. The fourth-order valence-corrected chi connectivity index (χ4v) is 3.97. The Balaban J connectivity index is 0.000000795. The van der Waals surface area contributed by atoms with Crippen molar-refractivity contribution in [3.8, 4) is 28.4 Å². The maximum atomic E-state index is 14.6. The molecule has 0 radical (unpaired) electrons. The van der Waals surface area contributed by atoms with Crippen molar-refractivity contribution in [1.29, 1.82) is 0 Å². The maximum Gasteiger partial charge on any atom is 0.300 e. The van der Waals surface area contributed by atoms with E-state index in [9.17, 15) is 4.39 Å². The van der Waals surface area contributed by atoms with Gasteiger partial charge in [0.15, 0.2) is 0 Å². The van der Waals surface area contributed by atoms with Gasteiger partial charge >= 0.3 is 0 Å². The van der Waals surface area contributed by atoms with Crippen molar-refractivity contribution >= 4 is 5.97 Å². The second-order valence-electron chi connectivity index (χ2n) is 8.47. The van der Waals surface area contributed by atoms with Crippen LogP contribution in [-0.4, -0.2) is 24.8 Å². The Morgan fingerprint density at radius 2 is 1.69 bits per heavy atom. The molecule has 0 amide bonds. The molecule has 0 saturated heterocycles. The van der Waals surface area contributed by atoms with Gasteiger partial charge in [0.25, 0.3) is 5.97 Å². The summed E-state index contributed by atoms with van der Waals surface area (Å²) >= 11 is 0. The van der Waals surface area contributed by atoms with Crippen LogP contribution in [0.4, 0.5) is 4.39 Å². The van der Waals surface area contributed by atoms with E-state index in [0.29, 0.717) is 35.8 Å². The predicted molar refractivity (Wildman–Crippen MR) is 135 cm³/mol. The summed E-state index contributed by atoms with van der Waals surface area (Å²) in [5.74, 6) is 1.02. The fraction of sp³-hybridized carbons (Fsp3) is 0.345. The number of unbranched alkanes of at least 4 members (excludes halogenated alkanes) is 1. The molecule has 0 fully saturated rings. The second-order valence-corrected chi connectivity index (χ2v) is 8.47. The molecule has 0 bridgehead atoms. The first kappa shape index (κ1) is 26.1. The Labute approximate surface area is 206 Å². The summed E-state index contributed by atoms with van der Waals surface area (Å²) in [4.78, 5) is 9.00. The van der Waals surface area contributed by atoms with Crippen molar-refractivity contribution in [1.82, 2.24) is 0 Å². The van der Waals surface area contributed by atoms with Gasteiger partial charge in [0.05, 0.1) is 13.7 Å². The first-order chi connectivity index (χ1) is 16.9. The highest BCUT2D eigenvalue weighted by molar-refractivity contribution is 5.72. The molecule has 0 aliphatic heterocycles. The summed E-state index contributed by atoms with van der Waals surface area (Å²) in [5, 5.41) is 7.42. The third-order valence-electron chi connectivity index (χ3n) is 5.74. The molecule has 6 heteroatoms. The van der Waals surface area contributed by atoms with Crippen molar-refractivity contribution in [3.05, 3.63) is 77.1 Å². The van der Waals surface area contributed by atoms with Gasteiger partial charge in [0.1, 0.15) is 29.7 Å². The molecular formula is C29H33FO5. The van der Waals surface area contributed by atoms with Gasteiger partial charge in [-0.1, -0.05) is 31.5 Å². The summed E-state index contributed by atoms with van der Waals surface area (Å²) < 4.78 is 32.0. The standard InChI is InChI=1S/C27H29FO3.C2H4O2/c1-3-4-14-30-27-15-19(18-31-23-10-9-20-6-5-7-21(20)16-23)8-12-24(27)25-17-22(29-2)11-13-26(25)28;1-2(3)4/h8-13,15-17H,3-7,14,18H2,1-2H3;1H3,(H,3,4). The first-order valence-electron chi connectivity index (χ1n) is 11.9. The third-order valence-corrected chi connectivity index (χ3v) is 5.74. The van der Waals surface area contributed by atoms with Crippen LogP contribution in [0.2, 0.25) is 0 Å². The van der Waals surface area contributed by atoms with E-state index in [-0.39, 0.29) is 5.82 Å². The van der Waals surface area contributed by atoms with Crippen LogP contribution >= 0.6 is 0 Å². The lowest BCUT2D eigenvalue weighted by atomic mass is 10.0. The summed E-state index contributed by atoms with van der Waals surface area (Å²) in [7, 11) is 1.58. The summed E-state index contributed by atoms with van der Waals surface area (Å²) in [6, 6.07) is 16.9. The van der Waals surface area contributed by atoms with Crippen LogP contribution in [0.3, 0.4) is 0 Å². The highest BCUT2D eigenvalue weighted by atomic mass is 19.1. The monoisotopic (exact) mass is 480 g/mol. The molecule has 0 aromatic heterocycles. The molecule has 3 aromatic carbocycles. The molecular weight excluding hydrogens is 447 g/mol. The van der Waals surface area contributed by atoms with Crippen LogP contribution in [-0.2, 0) is 24.2 Å². The van der Waals surface area contributed by atoms with Gasteiger partial charge in [-0.05, 0) is 78.8 Å². The summed E-state index contributed by atoms with van der Waals surface area (Å²) in [5.41, 5.74) is 5.00. The number of benzene rings is 3. The zero-order valence-electron chi connectivity index (χ0n) is 20.6. The fourth-order valence-electron chi connectivity index (χ4n) is 3.97. The van der Waals surface area contributed by atoms with Gasteiger partial charge in [-0.25, -0.2) is 4.39 Å². The van der Waals surface area contributed by atoms with Crippen LogP contribution in [0.15, 0.2) is 54.6 Å². The minimum atomic E-state index is -0.833. The molecule has 186 valence electrons. The number of aliphatic carboxylic acids is 1. The smallest absolute Gasteiger partial charge is 0.300 e. The van der Waals surface area contributed by atoms with Gasteiger partial charge in [0.2, 0.25) is 0 Å². The van der Waals surface area contributed by atoms with Crippen molar-refractivity contribution in [2.75, 3.05) is 13.7 Å². The van der Waals surface area contributed by atoms with Crippen LogP contribution in [0, 0.1) is 5.82 Å². The van der Waals surface area contributed by atoms with E-state index in [1.165, 1.54) is 23.6 Å². The van der Waals surface area contributed by atoms with Crippen molar-refractivity contribution < 1.29 is 28.5 Å². The van der Waals surface area contributed by atoms with Crippen molar-refractivity contribution in [2.24, 2.45) is 0 Å². The first-order valence-corrected chi connectivity index (χ1v) is 11.9. The summed E-state index contributed by atoms with van der Waals surface area (Å²) in [6.07, 6.45) is 5.48. The number of rotatable bonds is 9. The van der Waals surface area contributed by atoms with E-state index in [1.54, 1.807) is 19.2 Å². The largest absolute Gasteiger partial charge is 0.497 e. The van der Waals surface area contributed by atoms with Crippen molar-refractivity contribution in [3.63, 3.8) is 0 Å². The normalized spacial score (nSPS) is 11.8. The number of methoxy groups -OCH3 is 1. The van der Waals surface area contributed by atoms with E-state index >= 15 is 0 Å². The molecule has 0 heterocycles. The van der Waals surface area contributed by atoms with Crippen LogP contribution < -0.4 is 14.2 Å². The van der Waals surface area contributed by atoms with Crippen LogP contribution in [0.1, 0.15) is 49.8 Å². The average molecular weight is 481 g/mol. The lowest BCUT2D eigenvalue weighted by molar-refractivity contribution is -0.134. The molecule has 3 aromatic rings. The molecule has 1 N–H and O–H groups in total. The quantitative estimate of drug-likeness (QED) is 0.340. The number of hydrogen-bond acceptors (Lipinski definition) is 4. The van der Waals surface area contributed by atoms with Gasteiger partial charge < -0.3 is 19.3 Å². The zero-order valence-corrected chi connectivity index (χ0v) is 20.6. The molecule has 4 rings (SSSR count). The molecule has 0 atom stereocenters. The Kier molecular flexibility index (Phi) is 9.53. The Bertz CT molecular complexity index is 1140. The lowest BCUT2D eigenvalue weighted by Gasteiger charge is -2.15. The van der Waals surface area contributed by atoms with Crippen LogP contribution in [0.5, 0.6) is 17.2 Å². The van der Waals surface area contributed by atoms with Gasteiger partial charge in [-0.2, -0.15) is 0 Å². The second kappa shape index (κ2) is 12.8. The Morgan fingerprint density at radius 3 is 2.43 bits per heavy atom. The predicted octanol–water partition coefficient (Wildman–Crippen LogP) is 6.84. The number of carbonyl (C=O) groups is 1. The maximum absolute atomic E-state index is 14.6. The molecule has 0 unspecified atom stereocenters. The van der Waals surface area contributed by atoms with E-state index in [1.807, 2.05) is 24.3 Å². The number of halogens is 1. The van der Waals surface area contributed by atoms with E-state index < -0.39 is 5.97 Å². The minimum Gasteiger partial charge on any atom is -0.497 e. The van der Waals surface area contributed by atoms with E-state index in [4.69, 9.17) is 24.1 Å². The average Bonchev–Trinajstić information content (AvgIpc) is 3.31. The minimum absolute atomic E-state index is 0.303. The number of fused-ring (bicyclic) bond motifs is 1. The number of ether oxygens (including phenoxy) is 3. The molecule has 1 aliphatic rings. The number of carboxylic acid groups (broad SMARTS) is 1. The molecule has 0 saturated carbocycles. The van der Waals surface area contributed by atoms with Gasteiger partial charge in [0, 0.05) is 18.1 Å². The van der Waals surface area contributed by atoms with E-state index in [2.05, 4.69) is 19.1 Å². The molecule has 0 spiro atoms. The van der Waals surface area contributed by atoms with Gasteiger partial charge in [-0.15, -0.1) is 0 Å². The Morgan fingerprint density at radius 1 is 0.943 bits per heavy atom. The van der Waals surface area contributed by atoms with Gasteiger partial charge in [-0.3, -0.25) is 4.79 Å². The molecule has 5 nitrogen and oxygen atoms in total. The third kappa shape index (κ3) is 7.47. The van der Waals surface area contributed by atoms with E-state index in [0.717, 1.165) is 43.9 Å². The van der Waals surface area contributed by atoms with Crippen molar-refractivity contribution in [2.45, 2.75) is 52.6 Å². The zero-order chi connectivity index (χ0) is 25.2. The van der Waals surface area contributed by atoms with Crippen LogP contribution in [0.25, 0.3) is 11.1 Å². The number of aryl methyl sites for hydroxylation is 2. The number of hydrogen-bond donors (Lipinski definition) is 1. The number of carboxylic acids is 1.